The van der Waals surface area contributed by atoms with Crippen LogP contribution in [0, 0.1) is 17.6 Å². The number of carboxylic acids is 1. The van der Waals surface area contributed by atoms with Gasteiger partial charge < -0.3 is 10.0 Å². The number of hydrogen-bond donors (Lipinski definition) is 1. The number of amides is 1. The molecule has 0 saturated heterocycles. The summed E-state index contributed by atoms with van der Waals surface area (Å²) in [4.78, 5) is 38.9. The van der Waals surface area contributed by atoms with Crippen LogP contribution in [-0.2, 0) is 17.5 Å². The first-order valence-corrected chi connectivity index (χ1v) is 13.6. The summed E-state index contributed by atoms with van der Waals surface area (Å²) in [6.45, 7) is -1.53. The Kier molecular flexibility index (Phi) is 9.49. The molecule has 1 heterocycles. The molecule has 3 aromatic rings. The number of aromatic nitrogens is 2. The van der Waals surface area contributed by atoms with E-state index in [0.717, 1.165) is 12.1 Å². The first kappa shape index (κ1) is 31.7. The van der Waals surface area contributed by atoms with Crippen LogP contribution in [0.25, 0.3) is 0 Å². The highest BCUT2D eigenvalue weighted by Gasteiger charge is 2.43. The van der Waals surface area contributed by atoms with Gasteiger partial charge in [-0.15, -0.1) is 0 Å². The second-order valence-corrected chi connectivity index (χ2v) is 11.1. The van der Waals surface area contributed by atoms with E-state index in [-0.39, 0.29) is 51.9 Å². The monoisotopic (exact) mass is 651 g/mol. The van der Waals surface area contributed by atoms with Crippen molar-refractivity contribution in [2.75, 3.05) is 6.54 Å². The molecule has 1 N–H and O–H groups in total. The lowest BCUT2D eigenvalue weighted by atomic mass is 9.86. The van der Waals surface area contributed by atoms with Crippen LogP contribution in [0.15, 0.2) is 36.5 Å². The highest BCUT2D eigenvalue weighted by Crippen LogP contribution is 2.39. The molecule has 42 heavy (non-hydrogen) atoms. The van der Waals surface area contributed by atoms with E-state index in [9.17, 15) is 41.4 Å². The maximum absolute atomic E-state index is 14.4. The average Bonchev–Trinajstić information content (AvgIpc) is 3.33. The largest absolute Gasteiger partial charge is 0.481 e. The van der Waals surface area contributed by atoms with E-state index < -0.39 is 71.8 Å². The molecule has 0 spiro atoms. The number of carboxylic acid groups (broad SMARTS) is 1. The third kappa shape index (κ3) is 7.04. The SMILES string of the molecule is O=C(CN(Cc1cc(F)cc(F)c1)C(=O)c1cnn([C@H]2CC[C@H](C(=O)O)CC2)c1C(F)(F)F)c1c(Cl)cc(Cl)cc1Cl. The second kappa shape index (κ2) is 12.6. The summed E-state index contributed by atoms with van der Waals surface area (Å²) in [7, 11) is 0. The van der Waals surface area contributed by atoms with E-state index >= 15 is 0 Å². The Morgan fingerprint density at radius 3 is 2.05 bits per heavy atom. The van der Waals surface area contributed by atoms with E-state index in [1.807, 2.05) is 0 Å². The van der Waals surface area contributed by atoms with Crippen molar-refractivity contribution < 1.29 is 41.4 Å². The van der Waals surface area contributed by atoms with Crippen molar-refractivity contribution in [1.82, 2.24) is 14.7 Å². The summed E-state index contributed by atoms with van der Waals surface area (Å²) < 4.78 is 71.7. The number of benzene rings is 2. The molecule has 0 aliphatic heterocycles. The number of Topliss-reactive ketones (excluding diaryl/α,β-unsaturated/α-hetero) is 1. The number of carbonyl (C=O) groups is 3. The van der Waals surface area contributed by atoms with Crippen molar-refractivity contribution >= 4 is 52.5 Å². The van der Waals surface area contributed by atoms with Gasteiger partial charge in [0.1, 0.15) is 11.6 Å². The van der Waals surface area contributed by atoms with Gasteiger partial charge >= 0.3 is 12.1 Å². The van der Waals surface area contributed by atoms with Crippen LogP contribution in [0.3, 0.4) is 0 Å². The second-order valence-electron chi connectivity index (χ2n) is 9.80. The molecule has 1 aliphatic carbocycles. The lowest BCUT2D eigenvalue weighted by Gasteiger charge is -2.28. The van der Waals surface area contributed by atoms with Crippen molar-refractivity contribution in [3.05, 3.63) is 85.6 Å². The van der Waals surface area contributed by atoms with Crippen LogP contribution in [-0.4, -0.2) is 44.0 Å². The molecule has 0 unspecified atom stereocenters. The van der Waals surface area contributed by atoms with Crippen molar-refractivity contribution in [2.45, 2.75) is 44.4 Å². The van der Waals surface area contributed by atoms with Crippen molar-refractivity contribution in [3.8, 4) is 0 Å². The maximum atomic E-state index is 14.4. The Balaban J connectivity index is 1.73. The van der Waals surface area contributed by atoms with Crippen molar-refractivity contribution in [2.24, 2.45) is 5.92 Å². The van der Waals surface area contributed by atoms with Crippen LogP contribution >= 0.6 is 34.8 Å². The predicted molar refractivity (Wildman–Crippen MR) is 143 cm³/mol. The van der Waals surface area contributed by atoms with Gasteiger partial charge in [0.15, 0.2) is 11.5 Å². The topological polar surface area (TPSA) is 92.5 Å². The minimum atomic E-state index is -5.07. The minimum Gasteiger partial charge on any atom is -0.481 e. The molecule has 2 aromatic carbocycles. The van der Waals surface area contributed by atoms with Gasteiger partial charge in [-0.2, -0.15) is 18.3 Å². The van der Waals surface area contributed by atoms with Gasteiger partial charge in [-0.25, -0.2) is 8.78 Å². The Morgan fingerprint density at radius 2 is 1.52 bits per heavy atom. The zero-order valence-electron chi connectivity index (χ0n) is 21.4. The summed E-state index contributed by atoms with van der Waals surface area (Å²) >= 11 is 18.1. The summed E-state index contributed by atoms with van der Waals surface area (Å²) in [6, 6.07) is 3.88. The van der Waals surface area contributed by atoms with Gasteiger partial charge in [0.05, 0.1) is 45.9 Å². The first-order chi connectivity index (χ1) is 19.6. The third-order valence-electron chi connectivity index (χ3n) is 6.89. The number of nitrogens with zero attached hydrogens (tertiary/aromatic N) is 3. The van der Waals surface area contributed by atoms with E-state index in [4.69, 9.17) is 34.8 Å². The van der Waals surface area contributed by atoms with Crippen LogP contribution in [0.2, 0.25) is 15.1 Å². The number of alkyl halides is 3. The number of hydrogen-bond acceptors (Lipinski definition) is 4. The normalized spacial score (nSPS) is 17.2. The van der Waals surface area contributed by atoms with E-state index in [1.165, 1.54) is 12.1 Å². The number of carbonyl (C=O) groups excluding carboxylic acids is 2. The molecule has 1 fully saturated rings. The van der Waals surface area contributed by atoms with Crippen LogP contribution < -0.4 is 0 Å². The van der Waals surface area contributed by atoms with E-state index in [2.05, 4.69) is 5.10 Å². The fraction of sp³-hybridized carbons (Fsp3) is 0.333. The van der Waals surface area contributed by atoms with Gasteiger partial charge in [0.25, 0.3) is 5.91 Å². The zero-order valence-corrected chi connectivity index (χ0v) is 23.7. The van der Waals surface area contributed by atoms with Crippen LogP contribution in [0.5, 0.6) is 0 Å². The summed E-state index contributed by atoms with van der Waals surface area (Å²) in [5.74, 6) is -5.93. The molecule has 15 heteroatoms. The Hall–Kier alpha value is -3.22. The quantitative estimate of drug-likeness (QED) is 0.201. The Labute approximate surface area is 250 Å². The minimum absolute atomic E-state index is 0.0771. The molecule has 4 rings (SSSR count). The molecule has 1 saturated carbocycles. The number of halogens is 8. The summed E-state index contributed by atoms with van der Waals surface area (Å²) in [5, 5.41) is 12.8. The summed E-state index contributed by atoms with van der Waals surface area (Å²) in [5.41, 5.74) is -2.69. The molecule has 0 bridgehead atoms. The lowest BCUT2D eigenvalue weighted by molar-refractivity contribution is -0.147. The standard InChI is InChI=1S/C27H21Cl3F5N3O4/c28-15-7-20(29)23(21(30)8-15)22(39)12-37(11-13-5-16(31)9-17(32)6-13)25(40)19-10-36-38(24(19)27(33,34)35)18-3-1-14(2-4-18)26(41)42/h5-10,14,18H,1-4,11-12H2,(H,41,42)/t14-,18-. The molecule has 1 aromatic heterocycles. The molecule has 0 atom stereocenters. The highest BCUT2D eigenvalue weighted by atomic mass is 35.5. The Bertz CT molecular complexity index is 1490. The van der Waals surface area contributed by atoms with Gasteiger partial charge in [0, 0.05) is 17.6 Å². The van der Waals surface area contributed by atoms with E-state index in [1.54, 1.807) is 0 Å². The highest BCUT2D eigenvalue weighted by molar-refractivity contribution is 6.42. The van der Waals surface area contributed by atoms with Crippen molar-refractivity contribution in [1.29, 1.82) is 0 Å². The molecular weight excluding hydrogens is 632 g/mol. The molecule has 224 valence electrons. The molecule has 0 radical (unpaired) electrons. The fourth-order valence-electron chi connectivity index (χ4n) is 5.00. The number of rotatable bonds is 8. The average molecular weight is 653 g/mol. The van der Waals surface area contributed by atoms with Crippen LogP contribution in [0.1, 0.15) is 63.7 Å². The summed E-state index contributed by atoms with van der Waals surface area (Å²) in [6.07, 6.45) is -3.97. The van der Waals surface area contributed by atoms with E-state index in [0.29, 0.717) is 21.8 Å². The number of ketones is 1. The van der Waals surface area contributed by atoms with Gasteiger partial charge in [-0.05, 0) is 55.5 Å². The van der Waals surface area contributed by atoms with Crippen molar-refractivity contribution in [3.63, 3.8) is 0 Å². The lowest BCUT2D eigenvalue weighted by Crippen LogP contribution is -2.37. The third-order valence-corrected chi connectivity index (χ3v) is 7.70. The van der Waals surface area contributed by atoms with Gasteiger partial charge in [-0.1, -0.05) is 34.8 Å². The number of aliphatic carboxylic acids is 1. The first-order valence-electron chi connectivity index (χ1n) is 12.4. The molecule has 1 amide bonds. The Morgan fingerprint density at radius 1 is 0.952 bits per heavy atom. The molecule has 1 aliphatic rings. The van der Waals surface area contributed by atoms with Crippen LogP contribution in [0.4, 0.5) is 22.0 Å². The molecule has 7 nitrogen and oxygen atoms in total. The van der Waals surface area contributed by atoms with Gasteiger partial charge in [0.2, 0.25) is 0 Å². The zero-order chi connectivity index (χ0) is 30.9. The fourth-order valence-corrected chi connectivity index (χ4v) is 6.03. The maximum Gasteiger partial charge on any atom is 0.433 e. The van der Waals surface area contributed by atoms with Gasteiger partial charge in [-0.3, -0.25) is 19.1 Å². The molecular formula is C27H21Cl3F5N3O4. The predicted octanol–water partition coefficient (Wildman–Crippen LogP) is 7.48. The smallest absolute Gasteiger partial charge is 0.433 e.